The molecule has 1 aliphatic heterocycles. The van der Waals surface area contributed by atoms with Gasteiger partial charge in [0, 0.05) is 17.9 Å². The minimum absolute atomic E-state index is 0.262. The Morgan fingerprint density at radius 2 is 1.73 bits per heavy atom. The lowest BCUT2D eigenvalue weighted by Gasteiger charge is -2.46. The predicted octanol–water partition coefficient (Wildman–Crippen LogP) is 2.58. The summed E-state index contributed by atoms with van der Waals surface area (Å²) in [4.78, 5) is 1.95. The molecule has 0 saturated carbocycles. The van der Waals surface area contributed by atoms with Crippen LogP contribution in [0.3, 0.4) is 0 Å². The van der Waals surface area contributed by atoms with Crippen molar-refractivity contribution in [3.63, 3.8) is 0 Å². The molecular formula is C17H17B2FN2. The summed E-state index contributed by atoms with van der Waals surface area (Å²) < 4.78 is 13.4. The van der Waals surface area contributed by atoms with Crippen LogP contribution in [0.25, 0.3) is 0 Å². The highest BCUT2D eigenvalue weighted by atomic mass is 19.1. The molecular weight excluding hydrogens is 273 g/mol. The van der Waals surface area contributed by atoms with Crippen LogP contribution in [0.2, 0.25) is 0 Å². The summed E-state index contributed by atoms with van der Waals surface area (Å²) >= 11 is 0. The number of anilines is 2. The fourth-order valence-electron chi connectivity index (χ4n) is 3.07. The van der Waals surface area contributed by atoms with Crippen molar-refractivity contribution in [1.29, 1.82) is 0 Å². The first kappa shape index (κ1) is 15.0. The quantitative estimate of drug-likeness (QED) is 0.646. The van der Waals surface area contributed by atoms with E-state index in [-0.39, 0.29) is 5.82 Å². The lowest BCUT2D eigenvalue weighted by molar-refractivity contribution is 0.601. The highest BCUT2D eigenvalue weighted by Crippen LogP contribution is 2.34. The monoisotopic (exact) mass is 290 g/mol. The van der Waals surface area contributed by atoms with Crippen molar-refractivity contribution < 1.29 is 4.39 Å². The summed E-state index contributed by atoms with van der Waals surface area (Å²) in [6, 6.07) is 8.76. The summed E-state index contributed by atoms with van der Waals surface area (Å²) in [5.41, 5.74) is 11.6. The standard InChI is InChI=1S/C17H17B2FN2/c1-10-5-15(6-11(2)16(10)21)22-9-12-3-4-14(20)7-13(12)8-17(22,18)19/h3-7H,8-9,21H2,1-2H3. The molecule has 2 aromatic carbocycles. The summed E-state index contributed by atoms with van der Waals surface area (Å²) in [6.07, 6.45) is 0.391. The molecule has 2 nitrogen and oxygen atoms in total. The first-order chi connectivity index (χ1) is 10.3. The number of hydrogen-bond donors (Lipinski definition) is 1. The van der Waals surface area contributed by atoms with E-state index in [4.69, 9.17) is 21.4 Å². The number of benzene rings is 2. The van der Waals surface area contributed by atoms with Gasteiger partial charge in [0.05, 0.1) is 15.7 Å². The normalized spacial score (nSPS) is 16.4. The SMILES string of the molecule is [B]C1([B])Cc2cc(F)ccc2CN1c1cc(C)c(N)c(C)c1. The van der Waals surface area contributed by atoms with Gasteiger partial charge < -0.3 is 10.6 Å². The number of nitrogen functional groups attached to an aromatic ring is 1. The molecule has 0 fully saturated rings. The van der Waals surface area contributed by atoms with Crippen LogP contribution in [0.15, 0.2) is 30.3 Å². The zero-order valence-electron chi connectivity index (χ0n) is 12.9. The highest BCUT2D eigenvalue weighted by molar-refractivity contribution is 6.42. The Kier molecular flexibility index (Phi) is 3.47. The van der Waals surface area contributed by atoms with Crippen LogP contribution in [0.4, 0.5) is 15.8 Å². The van der Waals surface area contributed by atoms with Gasteiger partial charge in [-0.15, -0.1) is 0 Å². The minimum atomic E-state index is -1.06. The first-order valence-electron chi connectivity index (χ1n) is 7.27. The molecule has 2 N–H and O–H groups in total. The van der Waals surface area contributed by atoms with E-state index in [9.17, 15) is 4.39 Å². The maximum absolute atomic E-state index is 13.4. The minimum Gasteiger partial charge on any atom is -0.398 e. The number of nitrogens with zero attached hydrogens (tertiary/aromatic N) is 1. The molecule has 1 heterocycles. The molecule has 0 aliphatic carbocycles. The third-order valence-corrected chi connectivity index (χ3v) is 4.36. The van der Waals surface area contributed by atoms with Crippen LogP contribution >= 0.6 is 0 Å². The average molecular weight is 290 g/mol. The number of nitrogens with two attached hydrogens (primary N) is 1. The predicted molar refractivity (Wildman–Crippen MR) is 90.9 cm³/mol. The topological polar surface area (TPSA) is 29.3 Å². The average Bonchev–Trinajstić information content (AvgIpc) is 2.42. The van der Waals surface area contributed by atoms with Crippen molar-refractivity contribution in [1.82, 2.24) is 0 Å². The second kappa shape index (κ2) is 5.08. The summed E-state index contributed by atoms with van der Waals surface area (Å²) in [5, 5.41) is -1.06. The molecule has 0 atom stereocenters. The Morgan fingerprint density at radius 3 is 2.36 bits per heavy atom. The van der Waals surface area contributed by atoms with Crippen LogP contribution in [0.1, 0.15) is 22.3 Å². The van der Waals surface area contributed by atoms with Crippen molar-refractivity contribution in [2.24, 2.45) is 0 Å². The molecule has 108 valence electrons. The van der Waals surface area contributed by atoms with Gasteiger partial charge in [0.2, 0.25) is 0 Å². The van der Waals surface area contributed by atoms with Gasteiger partial charge in [-0.25, -0.2) is 4.39 Å². The largest absolute Gasteiger partial charge is 0.398 e. The molecule has 0 aromatic heterocycles. The lowest BCUT2D eigenvalue weighted by Crippen LogP contribution is -2.54. The first-order valence-corrected chi connectivity index (χ1v) is 7.27. The van der Waals surface area contributed by atoms with Crippen molar-refractivity contribution in [3.8, 4) is 0 Å². The van der Waals surface area contributed by atoms with Gasteiger partial charge >= 0.3 is 0 Å². The number of rotatable bonds is 1. The van der Waals surface area contributed by atoms with Gasteiger partial charge in [0.25, 0.3) is 0 Å². The number of aryl methyl sites for hydroxylation is 2. The van der Waals surface area contributed by atoms with Crippen molar-refractivity contribution in [2.45, 2.75) is 32.2 Å². The van der Waals surface area contributed by atoms with E-state index in [0.29, 0.717) is 13.0 Å². The Balaban J connectivity index is 2.06. The van der Waals surface area contributed by atoms with Crippen LogP contribution < -0.4 is 10.6 Å². The molecule has 2 aromatic rings. The third-order valence-electron chi connectivity index (χ3n) is 4.36. The van der Waals surface area contributed by atoms with Crippen LogP contribution in [-0.4, -0.2) is 21.0 Å². The summed E-state index contributed by atoms with van der Waals surface area (Å²) in [6.45, 7) is 4.48. The van der Waals surface area contributed by atoms with E-state index in [1.54, 1.807) is 6.07 Å². The molecule has 4 radical (unpaired) electrons. The number of hydrogen-bond acceptors (Lipinski definition) is 2. The Bertz CT molecular complexity index is 720. The molecule has 1 aliphatic rings. The zero-order chi connectivity index (χ0) is 16.1. The molecule has 0 amide bonds. The number of fused-ring (bicyclic) bond motifs is 1. The van der Waals surface area contributed by atoms with E-state index >= 15 is 0 Å². The van der Waals surface area contributed by atoms with E-state index < -0.39 is 5.34 Å². The fourth-order valence-corrected chi connectivity index (χ4v) is 3.07. The van der Waals surface area contributed by atoms with Crippen molar-refractivity contribution in [3.05, 3.63) is 58.4 Å². The summed E-state index contributed by atoms with van der Waals surface area (Å²) in [5.74, 6) is -0.262. The van der Waals surface area contributed by atoms with Crippen LogP contribution in [0.5, 0.6) is 0 Å². The maximum atomic E-state index is 13.4. The molecule has 5 heteroatoms. The Morgan fingerprint density at radius 1 is 1.09 bits per heavy atom. The van der Waals surface area contributed by atoms with Crippen LogP contribution in [0, 0.1) is 19.7 Å². The lowest BCUT2D eigenvalue weighted by atomic mass is 9.56. The van der Waals surface area contributed by atoms with E-state index in [2.05, 4.69) is 0 Å². The van der Waals surface area contributed by atoms with E-state index in [0.717, 1.165) is 33.6 Å². The van der Waals surface area contributed by atoms with Gasteiger partial charge in [-0.3, -0.25) is 0 Å². The van der Waals surface area contributed by atoms with Gasteiger partial charge in [0.15, 0.2) is 0 Å². The third kappa shape index (κ3) is 2.49. The summed E-state index contributed by atoms with van der Waals surface area (Å²) in [7, 11) is 12.6. The van der Waals surface area contributed by atoms with E-state index in [1.807, 2.05) is 30.9 Å². The van der Waals surface area contributed by atoms with Crippen molar-refractivity contribution in [2.75, 3.05) is 10.6 Å². The highest BCUT2D eigenvalue weighted by Gasteiger charge is 2.32. The molecule has 3 rings (SSSR count). The molecule has 0 unspecified atom stereocenters. The molecule has 0 spiro atoms. The molecule has 22 heavy (non-hydrogen) atoms. The Labute approximate surface area is 133 Å². The van der Waals surface area contributed by atoms with Crippen molar-refractivity contribution >= 4 is 27.1 Å². The van der Waals surface area contributed by atoms with Crippen LogP contribution in [-0.2, 0) is 13.0 Å². The van der Waals surface area contributed by atoms with Gasteiger partial charge in [-0.1, -0.05) is 6.07 Å². The van der Waals surface area contributed by atoms with E-state index in [1.165, 1.54) is 12.1 Å². The molecule has 0 saturated heterocycles. The molecule has 0 bridgehead atoms. The van der Waals surface area contributed by atoms with Gasteiger partial charge in [0.1, 0.15) is 5.82 Å². The maximum Gasteiger partial charge on any atom is 0.123 e. The van der Waals surface area contributed by atoms with Gasteiger partial charge in [-0.05, 0) is 72.1 Å². The Hall–Kier alpha value is -1.90. The number of halogens is 1. The second-order valence-electron chi connectivity index (χ2n) is 6.16. The fraction of sp³-hybridized carbons (Fsp3) is 0.294. The van der Waals surface area contributed by atoms with Gasteiger partial charge in [-0.2, -0.15) is 0 Å². The zero-order valence-corrected chi connectivity index (χ0v) is 12.9. The smallest absolute Gasteiger partial charge is 0.123 e. The second-order valence-corrected chi connectivity index (χ2v) is 6.16.